The highest BCUT2D eigenvalue weighted by atomic mass is 32.2. The molecule has 3 nitrogen and oxygen atoms in total. The fourth-order valence-corrected chi connectivity index (χ4v) is 2.99. The molecule has 0 atom stereocenters. The number of benzene rings is 2. The highest BCUT2D eigenvalue weighted by Gasteiger charge is 2.34. The number of hydrogen-bond acceptors (Lipinski definition) is 2. The first kappa shape index (κ1) is 15.4. The lowest BCUT2D eigenvalue weighted by atomic mass is 10.2. The number of halogens is 3. The minimum Gasteiger partial charge on any atom is -0.279 e. The Hall–Kier alpha value is -2.02. The van der Waals surface area contributed by atoms with Crippen LogP contribution in [-0.4, -0.2) is 8.42 Å². The van der Waals surface area contributed by atoms with E-state index in [2.05, 4.69) is 0 Å². The van der Waals surface area contributed by atoms with Gasteiger partial charge in [0.25, 0.3) is 10.0 Å². The largest absolute Gasteiger partial charge is 0.418 e. The standard InChI is InChI=1S/C14H12F3NO2S/c1-10-5-4-6-11(9-10)21(19,20)18-13-8-3-2-7-12(13)14(15,16)17/h2-9,18H,1H3. The Morgan fingerprint density at radius 2 is 1.67 bits per heavy atom. The van der Waals surface area contributed by atoms with Crippen LogP contribution in [0.1, 0.15) is 11.1 Å². The lowest BCUT2D eigenvalue weighted by Gasteiger charge is -2.14. The van der Waals surface area contributed by atoms with Gasteiger partial charge in [-0.1, -0.05) is 24.3 Å². The topological polar surface area (TPSA) is 46.2 Å². The molecule has 0 spiro atoms. The molecule has 0 aliphatic heterocycles. The molecule has 0 heterocycles. The van der Waals surface area contributed by atoms with Gasteiger partial charge in [0.1, 0.15) is 0 Å². The van der Waals surface area contributed by atoms with E-state index in [0.717, 1.165) is 12.1 Å². The van der Waals surface area contributed by atoms with Gasteiger partial charge in [-0.05, 0) is 36.8 Å². The number of rotatable bonds is 3. The Balaban J connectivity index is 2.43. The summed E-state index contributed by atoms with van der Waals surface area (Å²) in [6.07, 6.45) is -4.63. The van der Waals surface area contributed by atoms with Crippen molar-refractivity contribution in [2.24, 2.45) is 0 Å². The van der Waals surface area contributed by atoms with Gasteiger partial charge < -0.3 is 0 Å². The second-order valence-corrected chi connectivity index (χ2v) is 6.15. The Bertz CT molecular complexity index is 755. The summed E-state index contributed by atoms with van der Waals surface area (Å²) in [5.74, 6) is 0. The van der Waals surface area contributed by atoms with Crippen molar-refractivity contribution in [2.45, 2.75) is 18.0 Å². The molecule has 0 unspecified atom stereocenters. The molecule has 0 aliphatic carbocycles. The third kappa shape index (κ3) is 3.55. The number of para-hydroxylation sites is 1. The Labute approximate surface area is 120 Å². The van der Waals surface area contributed by atoms with Crippen LogP contribution in [-0.2, 0) is 16.2 Å². The number of sulfonamides is 1. The molecule has 0 bridgehead atoms. The summed E-state index contributed by atoms with van der Waals surface area (Å²) in [5.41, 5.74) is -0.824. The third-order valence-corrected chi connectivity index (χ3v) is 4.14. The van der Waals surface area contributed by atoms with Gasteiger partial charge in [0, 0.05) is 0 Å². The van der Waals surface area contributed by atoms with Gasteiger partial charge >= 0.3 is 6.18 Å². The van der Waals surface area contributed by atoms with E-state index < -0.39 is 27.5 Å². The lowest BCUT2D eigenvalue weighted by Crippen LogP contribution is -2.17. The zero-order chi connectivity index (χ0) is 15.7. The average Bonchev–Trinajstić information content (AvgIpc) is 2.37. The molecule has 0 aliphatic rings. The zero-order valence-electron chi connectivity index (χ0n) is 11.0. The molecule has 0 aromatic heterocycles. The van der Waals surface area contributed by atoms with Crippen LogP contribution in [0.2, 0.25) is 0 Å². The maximum atomic E-state index is 12.9. The SMILES string of the molecule is Cc1cccc(S(=O)(=O)Nc2ccccc2C(F)(F)F)c1. The summed E-state index contributed by atoms with van der Waals surface area (Å²) in [6.45, 7) is 1.70. The quantitative estimate of drug-likeness (QED) is 0.936. The van der Waals surface area contributed by atoms with Crippen molar-refractivity contribution in [1.82, 2.24) is 0 Å². The third-order valence-electron chi connectivity index (χ3n) is 2.78. The second kappa shape index (κ2) is 5.40. The van der Waals surface area contributed by atoms with E-state index in [-0.39, 0.29) is 4.90 Å². The molecule has 0 fully saturated rings. The van der Waals surface area contributed by atoms with Crippen molar-refractivity contribution in [3.8, 4) is 0 Å². The minimum atomic E-state index is -4.63. The van der Waals surface area contributed by atoms with E-state index in [0.29, 0.717) is 5.56 Å². The summed E-state index contributed by atoms with van der Waals surface area (Å²) in [5, 5.41) is 0. The monoisotopic (exact) mass is 315 g/mol. The van der Waals surface area contributed by atoms with Crippen LogP contribution in [0.25, 0.3) is 0 Å². The van der Waals surface area contributed by atoms with Crippen LogP contribution in [0.4, 0.5) is 18.9 Å². The van der Waals surface area contributed by atoms with Crippen LogP contribution in [0, 0.1) is 6.92 Å². The van der Waals surface area contributed by atoms with E-state index in [1.54, 1.807) is 13.0 Å². The van der Waals surface area contributed by atoms with Crippen molar-refractivity contribution < 1.29 is 21.6 Å². The van der Waals surface area contributed by atoms with E-state index in [4.69, 9.17) is 0 Å². The molecule has 21 heavy (non-hydrogen) atoms. The molecule has 0 saturated carbocycles. The summed E-state index contributed by atoms with van der Waals surface area (Å²) in [6, 6.07) is 10.4. The minimum absolute atomic E-state index is 0.0838. The van der Waals surface area contributed by atoms with Gasteiger partial charge in [0.2, 0.25) is 0 Å². The Kier molecular flexibility index (Phi) is 3.95. The molecule has 7 heteroatoms. The van der Waals surface area contributed by atoms with Gasteiger partial charge in [-0.2, -0.15) is 13.2 Å². The summed E-state index contributed by atoms with van der Waals surface area (Å²) in [4.78, 5) is -0.0838. The number of nitrogens with one attached hydrogen (secondary N) is 1. The fourth-order valence-electron chi connectivity index (χ4n) is 1.81. The van der Waals surface area contributed by atoms with Crippen LogP contribution in [0.5, 0.6) is 0 Å². The molecule has 0 radical (unpaired) electrons. The molecule has 1 N–H and O–H groups in total. The highest BCUT2D eigenvalue weighted by molar-refractivity contribution is 7.92. The predicted octanol–water partition coefficient (Wildman–Crippen LogP) is 3.81. The summed E-state index contributed by atoms with van der Waals surface area (Å²) >= 11 is 0. The van der Waals surface area contributed by atoms with Crippen LogP contribution < -0.4 is 4.72 Å². The van der Waals surface area contributed by atoms with Gasteiger partial charge in [0.15, 0.2) is 0 Å². The zero-order valence-corrected chi connectivity index (χ0v) is 11.8. The van der Waals surface area contributed by atoms with Gasteiger partial charge in [-0.25, -0.2) is 8.42 Å². The molecule has 0 saturated heterocycles. The molecular weight excluding hydrogens is 303 g/mol. The predicted molar refractivity (Wildman–Crippen MR) is 73.4 cm³/mol. The Morgan fingerprint density at radius 1 is 1.00 bits per heavy atom. The molecule has 0 amide bonds. The normalized spacial score (nSPS) is 12.2. The van der Waals surface area contributed by atoms with Crippen LogP contribution in [0.3, 0.4) is 0 Å². The van der Waals surface area contributed by atoms with Gasteiger partial charge in [-0.3, -0.25) is 4.72 Å². The molecule has 112 valence electrons. The molecule has 2 aromatic carbocycles. The first-order valence-electron chi connectivity index (χ1n) is 5.96. The first-order valence-corrected chi connectivity index (χ1v) is 7.44. The van der Waals surface area contributed by atoms with Crippen molar-refractivity contribution in [1.29, 1.82) is 0 Å². The van der Waals surface area contributed by atoms with E-state index in [1.807, 2.05) is 4.72 Å². The fraction of sp³-hybridized carbons (Fsp3) is 0.143. The van der Waals surface area contributed by atoms with Crippen LogP contribution >= 0.6 is 0 Å². The number of hydrogen-bond donors (Lipinski definition) is 1. The van der Waals surface area contributed by atoms with Gasteiger partial charge in [-0.15, -0.1) is 0 Å². The van der Waals surface area contributed by atoms with Crippen LogP contribution in [0.15, 0.2) is 53.4 Å². The highest BCUT2D eigenvalue weighted by Crippen LogP contribution is 2.35. The molecule has 2 aromatic rings. The molecular formula is C14H12F3NO2S. The summed E-state index contributed by atoms with van der Waals surface area (Å²) in [7, 11) is -4.07. The summed E-state index contributed by atoms with van der Waals surface area (Å²) < 4.78 is 64.9. The molecule has 2 rings (SSSR count). The van der Waals surface area contributed by atoms with Crippen molar-refractivity contribution in [3.05, 3.63) is 59.7 Å². The van der Waals surface area contributed by atoms with Gasteiger partial charge in [0.05, 0.1) is 16.1 Å². The number of anilines is 1. The second-order valence-electron chi connectivity index (χ2n) is 4.47. The maximum absolute atomic E-state index is 12.9. The lowest BCUT2D eigenvalue weighted by molar-refractivity contribution is -0.136. The van der Waals surface area contributed by atoms with Crippen molar-refractivity contribution in [2.75, 3.05) is 4.72 Å². The number of aryl methyl sites for hydroxylation is 1. The van der Waals surface area contributed by atoms with Crippen molar-refractivity contribution in [3.63, 3.8) is 0 Å². The average molecular weight is 315 g/mol. The first-order chi connectivity index (χ1) is 9.70. The van der Waals surface area contributed by atoms with E-state index in [9.17, 15) is 21.6 Å². The van der Waals surface area contributed by atoms with Crippen molar-refractivity contribution >= 4 is 15.7 Å². The van der Waals surface area contributed by atoms with E-state index >= 15 is 0 Å². The smallest absolute Gasteiger partial charge is 0.279 e. The Morgan fingerprint density at radius 3 is 2.29 bits per heavy atom. The number of alkyl halides is 3. The maximum Gasteiger partial charge on any atom is 0.418 e. The van der Waals surface area contributed by atoms with E-state index in [1.165, 1.54) is 30.3 Å².